The van der Waals surface area contributed by atoms with Crippen LogP contribution in [0.1, 0.15) is 50.7 Å². The molecule has 0 saturated carbocycles. The maximum absolute atomic E-state index is 13.6. The van der Waals surface area contributed by atoms with Crippen molar-refractivity contribution in [2.45, 2.75) is 45.1 Å². The molecule has 0 aliphatic rings. The number of halogens is 1. The number of unbranched alkanes of at least 4 members (excludes halogenated alkanes) is 4. The minimum Gasteiger partial charge on any atom is -0.372 e. The van der Waals surface area contributed by atoms with Gasteiger partial charge in [-0.25, -0.2) is 4.39 Å². The Bertz CT molecular complexity index is 330. The van der Waals surface area contributed by atoms with Gasteiger partial charge in [-0.3, -0.25) is 0 Å². The molecular weight excluding hydrogens is 229 g/mol. The molecule has 102 valence electrons. The third kappa shape index (κ3) is 5.15. The topological polar surface area (TPSA) is 35.2 Å². The van der Waals surface area contributed by atoms with Crippen molar-refractivity contribution in [2.24, 2.45) is 5.73 Å². The highest BCUT2D eigenvalue weighted by Gasteiger charge is 2.13. The first-order valence-corrected chi connectivity index (χ1v) is 6.85. The normalized spacial score (nSPS) is 12.6. The lowest BCUT2D eigenvalue weighted by Crippen LogP contribution is -2.17. The summed E-state index contributed by atoms with van der Waals surface area (Å²) in [6.45, 7) is 3.16. The monoisotopic (exact) mass is 253 g/mol. The van der Waals surface area contributed by atoms with Crippen molar-refractivity contribution < 1.29 is 9.13 Å². The molecule has 2 nitrogen and oxygen atoms in total. The van der Waals surface area contributed by atoms with Crippen LogP contribution in [-0.4, -0.2) is 13.2 Å². The zero-order valence-corrected chi connectivity index (χ0v) is 11.2. The zero-order chi connectivity index (χ0) is 13.2. The van der Waals surface area contributed by atoms with Gasteiger partial charge in [-0.05, 0) is 12.5 Å². The van der Waals surface area contributed by atoms with Gasteiger partial charge in [0, 0.05) is 18.7 Å². The van der Waals surface area contributed by atoms with Crippen LogP contribution in [-0.2, 0) is 4.74 Å². The van der Waals surface area contributed by atoms with E-state index in [1.165, 1.54) is 31.7 Å². The Balaban J connectivity index is 2.32. The third-order valence-corrected chi connectivity index (χ3v) is 3.03. The number of rotatable bonds is 9. The van der Waals surface area contributed by atoms with Crippen LogP contribution < -0.4 is 5.73 Å². The largest absolute Gasteiger partial charge is 0.372 e. The fraction of sp³-hybridized carbons (Fsp3) is 0.600. The maximum Gasteiger partial charge on any atom is 0.129 e. The number of ether oxygens (including phenoxy) is 1. The molecule has 1 aromatic rings. The summed E-state index contributed by atoms with van der Waals surface area (Å²) in [7, 11) is 0. The van der Waals surface area contributed by atoms with E-state index in [9.17, 15) is 4.39 Å². The Labute approximate surface area is 109 Å². The van der Waals surface area contributed by atoms with Gasteiger partial charge >= 0.3 is 0 Å². The highest BCUT2D eigenvalue weighted by Crippen LogP contribution is 2.19. The van der Waals surface area contributed by atoms with E-state index in [1.807, 2.05) is 6.07 Å². The Morgan fingerprint density at radius 2 is 1.89 bits per heavy atom. The first-order chi connectivity index (χ1) is 8.79. The molecular formula is C15H24FNO. The van der Waals surface area contributed by atoms with Crippen LogP contribution in [0.25, 0.3) is 0 Å². The Morgan fingerprint density at radius 1 is 1.17 bits per heavy atom. The van der Waals surface area contributed by atoms with Crippen LogP contribution in [0.15, 0.2) is 24.3 Å². The van der Waals surface area contributed by atoms with Crippen LogP contribution >= 0.6 is 0 Å². The summed E-state index contributed by atoms with van der Waals surface area (Å²) < 4.78 is 19.2. The molecule has 0 aromatic heterocycles. The first kappa shape index (κ1) is 15.1. The summed E-state index contributed by atoms with van der Waals surface area (Å²) in [4.78, 5) is 0. The average molecular weight is 253 g/mol. The van der Waals surface area contributed by atoms with Crippen molar-refractivity contribution in [3.63, 3.8) is 0 Å². The molecule has 1 rings (SSSR count). The first-order valence-electron chi connectivity index (χ1n) is 6.85. The lowest BCUT2D eigenvalue weighted by molar-refractivity contribution is 0.0534. The molecule has 1 unspecified atom stereocenters. The van der Waals surface area contributed by atoms with E-state index in [2.05, 4.69) is 6.92 Å². The molecule has 1 aromatic carbocycles. The summed E-state index contributed by atoms with van der Waals surface area (Å²) in [5, 5.41) is 0. The van der Waals surface area contributed by atoms with Crippen molar-refractivity contribution in [3.05, 3.63) is 35.6 Å². The molecule has 0 aliphatic heterocycles. The van der Waals surface area contributed by atoms with E-state index < -0.39 is 0 Å². The van der Waals surface area contributed by atoms with Crippen molar-refractivity contribution in [3.8, 4) is 0 Å². The van der Waals surface area contributed by atoms with Crippen LogP contribution in [0.4, 0.5) is 4.39 Å². The van der Waals surface area contributed by atoms with E-state index in [0.717, 1.165) is 6.42 Å². The summed E-state index contributed by atoms with van der Waals surface area (Å²) in [5.41, 5.74) is 6.21. The number of hydrogen-bond acceptors (Lipinski definition) is 2. The molecule has 0 bridgehead atoms. The molecule has 0 fully saturated rings. The molecule has 0 radical (unpaired) electrons. The van der Waals surface area contributed by atoms with Crippen molar-refractivity contribution in [1.82, 2.24) is 0 Å². The van der Waals surface area contributed by atoms with Crippen molar-refractivity contribution in [1.29, 1.82) is 0 Å². The summed E-state index contributed by atoms with van der Waals surface area (Å²) >= 11 is 0. The summed E-state index contributed by atoms with van der Waals surface area (Å²) in [5.74, 6) is -0.237. The predicted molar refractivity (Wildman–Crippen MR) is 72.9 cm³/mol. The second-order valence-corrected chi connectivity index (χ2v) is 4.53. The Hall–Kier alpha value is -0.930. The average Bonchev–Trinajstić information content (AvgIpc) is 2.39. The quantitative estimate of drug-likeness (QED) is 0.679. The highest BCUT2D eigenvalue weighted by molar-refractivity contribution is 5.20. The van der Waals surface area contributed by atoms with Gasteiger partial charge in [0.15, 0.2) is 0 Å². The molecule has 0 heterocycles. The van der Waals surface area contributed by atoms with Gasteiger partial charge < -0.3 is 10.5 Å². The number of nitrogens with two attached hydrogens (primary N) is 1. The zero-order valence-electron chi connectivity index (χ0n) is 11.2. The van der Waals surface area contributed by atoms with E-state index in [1.54, 1.807) is 12.1 Å². The second kappa shape index (κ2) is 9.06. The fourth-order valence-corrected chi connectivity index (χ4v) is 1.95. The number of hydrogen-bond donors (Lipinski definition) is 1. The van der Waals surface area contributed by atoms with Gasteiger partial charge in [0.05, 0.1) is 6.10 Å². The number of benzene rings is 1. The van der Waals surface area contributed by atoms with Crippen molar-refractivity contribution in [2.75, 3.05) is 13.2 Å². The minimum atomic E-state index is -0.322. The molecule has 0 amide bonds. The third-order valence-electron chi connectivity index (χ3n) is 3.03. The maximum atomic E-state index is 13.6. The van der Waals surface area contributed by atoms with E-state index >= 15 is 0 Å². The molecule has 1 atom stereocenters. The van der Waals surface area contributed by atoms with Gasteiger partial charge in [-0.1, -0.05) is 50.8 Å². The molecule has 3 heteroatoms. The van der Waals surface area contributed by atoms with Gasteiger partial charge in [0.25, 0.3) is 0 Å². The predicted octanol–water partition coefficient (Wildman–Crippen LogP) is 3.81. The van der Waals surface area contributed by atoms with Gasteiger partial charge in [0.2, 0.25) is 0 Å². The SMILES string of the molecule is CCCCCCCOC(CN)c1ccccc1F. The van der Waals surface area contributed by atoms with E-state index in [4.69, 9.17) is 10.5 Å². The van der Waals surface area contributed by atoms with Crippen LogP contribution in [0.2, 0.25) is 0 Å². The molecule has 0 saturated heterocycles. The van der Waals surface area contributed by atoms with E-state index in [0.29, 0.717) is 18.7 Å². The standard InChI is InChI=1S/C15H24FNO/c1-2-3-4-5-8-11-18-15(12-17)13-9-6-7-10-14(13)16/h6-7,9-10,15H,2-5,8,11-12,17H2,1H3. The molecule has 2 N–H and O–H groups in total. The second-order valence-electron chi connectivity index (χ2n) is 4.53. The van der Waals surface area contributed by atoms with Gasteiger partial charge in [-0.2, -0.15) is 0 Å². The Morgan fingerprint density at radius 3 is 2.56 bits per heavy atom. The molecule has 0 aliphatic carbocycles. The lowest BCUT2D eigenvalue weighted by atomic mass is 10.1. The fourth-order valence-electron chi connectivity index (χ4n) is 1.95. The Kier molecular flexibility index (Phi) is 7.62. The smallest absolute Gasteiger partial charge is 0.129 e. The van der Waals surface area contributed by atoms with Gasteiger partial charge in [0.1, 0.15) is 5.82 Å². The van der Waals surface area contributed by atoms with Crippen LogP contribution in [0.3, 0.4) is 0 Å². The summed E-state index contributed by atoms with van der Waals surface area (Å²) in [6, 6.07) is 6.68. The van der Waals surface area contributed by atoms with Gasteiger partial charge in [-0.15, -0.1) is 0 Å². The lowest BCUT2D eigenvalue weighted by Gasteiger charge is -2.17. The molecule has 0 spiro atoms. The minimum absolute atomic E-state index is 0.237. The van der Waals surface area contributed by atoms with E-state index in [-0.39, 0.29) is 11.9 Å². The van der Waals surface area contributed by atoms with Crippen molar-refractivity contribution >= 4 is 0 Å². The molecule has 18 heavy (non-hydrogen) atoms. The van der Waals surface area contributed by atoms with Crippen LogP contribution in [0.5, 0.6) is 0 Å². The summed E-state index contributed by atoms with van der Waals surface area (Å²) in [6.07, 6.45) is 5.62. The highest BCUT2D eigenvalue weighted by atomic mass is 19.1. The van der Waals surface area contributed by atoms with Crippen LogP contribution in [0, 0.1) is 5.82 Å².